The van der Waals surface area contributed by atoms with Crippen molar-refractivity contribution in [3.05, 3.63) is 130 Å². The monoisotopic (exact) mass is 680 g/mol. The van der Waals surface area contributed by atoms with Gasteiger partial charge in [0.25, 0.3) is 23.6 Å². The van der Waals surface area contributed by atoms with E-state index >= 15 is 0 Å². The zero-order valence-electron chi connectivity index (χ0n) is 26.9. The van der Waals surface area contributed by atoms with Crippen LogP contribution in [0.4, 0.5) is 0 Å². The standard InChI is InChI=1S/C36H36N6O8/c43-33(27-11-15-29(16-12-27)35(45)41-47)39-37-23-25-7-5-9-31(21-25)49-19-3-1-2-4-20-50-32-10-6-8-26(22-32)24-38-40-34(44)28-13-17-30(18-14-28)36(46)42-48/h5-18,21-24,47-48H,1-4,19-20H2,(H,39,43)(H,40,44)(H,41,45)(H,42,46)/b37-23+,38-24+. The first-order chi connectivity index (χ1) is 24.4. The maximum atomic E-state index is 12.3. The highest BCUT2D eigenvalue weighted by Gasteiger charge is 2.09. The molecular weight excluding hydrogens is 644 g/mol. The summed E-state index contributed by atoms with van der Waals surface area (Å²) >= 11 is 0. The lowest BCUT2D eigenvalue weighted by atomic mass is 10.1. The van der Waals surface area contributed by atoms with Crippen LogP contribution in [0.25, 0.3) is 0 Å². The quantitative estimate of drug-likeness (QED) is 0.0406. The van der Waals surface area contributed by atoms with Crippen LogP contribution in [0.3, 0.4) is 0 Å². The third-order valence-electron chi connectivity index (χ3n) is 7.07. The average Bonchev–Trinajstić information content (AvgIpc) is 3.15. The van der Waals surface area contributed by atoms with Gasteiger partial charge in [-0.15, -0.1) is 0 Å². The molecule has 0 radical (unpaired) electrons. The van der Waals surface area contributed by atoms with Crippen LogP contribution in [0.15, 0.2) is 107 Å². The van der Waals surface area contributed by atoms with Crippen molar-refractivity contribution in [1.82, 2.24) is 21.8 Å². The molecule has 0 spiro atoms. The third-order valence-corrected chi connectivity index (χ3v) is 7.07. The van der Waals surface area contributed by atoms with Crippen LogP contribution in [0.1, 0.15) is 78.2 Å². The molecule has 0 unspecified atom stereocenters. The second kappa shape index (κ2) is 19.4. The molecule has 0 aliphatic heterocycles. The number of benzene rings is 4. The van der Waals surface area contributed by atoms with Gasteiger partial charge < -0.3 is 9.47 Å². The van der Waals surface area contributed by atoms with Gasteiger partial charge in [0.2, 0.25) is 0 Å². The van der Waals surface area contributed by atoms with Gasteiger partial charge in [-0.25, -0.2) is 21.8 Å². The smallest absolute Gasteiger partial charge is 0.274 e. The van der Waals surface area contributed by atoms with Crippen molar-refractivity contribution in [1.29, 1.82) is 0 Å². The van der Waals surface area contributed by atoms with Crippen molar-refractivity contribution in [2.75, 3.05) is 13.2 Å². The normalized spacial score (nSPS) is 10.8. The molecule has 14 nitrogen and oxygen atoms in total. The summed E-state index contributed by atoms with van der Waals surface area (Å²) in [4.78, 5) is 47.4. The minimum atomic E-state index is -0.669. The van der Waals surface area contributed by atoms with Gasteiger partial charge in [0, 0.05) is 22.3 Å². The van der Waals surface area contributed by atoms with Crippen molar-refractivity contribution >= 4 is 36.1 Å². The van der Waals surface area contributed by atoms with Gasteiger partial charge in [-0.05, 0) is 110 Å². The molecule has 0 atom stereocenters. The number of carbonyl (C=O) groups excluding carboxylic acids is 4. The summed E-state index contributed by atoms with van der Waals surface area (Å²) in [5, 5.41) is 25.3. The number of hydroxylamine groups is 2. The fraction of sp³-hybridized carbons (Fsp3) is 0.167. The predicted octanol–water partition coefficient (Wildman–Crippen LogP) is 4.47. The van der Waals surface area contributed by atoms with E-state index in [1.807, 2.05) is 48.5 Å². The number of hydrogen-bond acceptors (Lipinski definition) is 10. The predicted molar refractivity (Wildman–Crippen MR) is 184 cm³/mol. The maximum Gasteiger partial charge on any atom is 0.274 e. The molecule has 0 aromatic heterocycles. The number of amides is 4. The number of nitrogens with zero attached hydrogens (tertiary/aromatic N) is 2. The van der Waals surface area contributed by atoms with Crippen LogP contribution >= 0.6 is 0 Å². The zero-order chi connectivity index (χ0) is 35.6. The Morgan fingerprint density at radius 1 is 0.520 bits per heavy atom. The lowest BCUT2D eigenvalue weighted by Crippen LogP contribution is -2.20. The number of hydrazone groups is 2. The van der Waals surface area contributed by atoms with Crippen LogP contribution in [0.5, 0.6) is 11.5 Å². The fourth-order valence-electron chi connectivity index (χ4n) is 4.44. The molecular formula is C36H36N6O8. The molecule has 0 saturated carbocycles. The highest BCUT2D eigenvalue weighted by molar-refractivity contribution is 5.98. The van der Waals surface area contributed by atoms with Crippen LogP contribution < -0.4 is 31.3 Å². The Kier molecular flexibility index (Phi) is 14.2. The number of rotatable bonds is 17. The summed E-state index contributed by atoms with van der Waals surface area (Å²) in [6.07, 6.45) is 6.67. The minimum Gasteiger partial charge on any atom is -0.494 e. The molecule has 4 rings (SSSR count). The molecule has 50 heavy (non-hydrogen) atoms. The second-order valence-electron chi connectivity index (χ2n) is 10.7. The number of ether oxygens (including phenoxy) is 2. The summed E-state index contributed by atoms with van der Waals surface area (Å²) in [5.41, 5.74) is 10.5. The maximum absolute atomic E-state index is 12.3. The first kappa shape index (κ1) is 36.5. The molecule has 0 bridgehead atoms. The van der Waals surface area contributed by atoms with Gasteiger partial charge in [-0.1, -0.05) is 24.3 Å². The molecule has 0 fully saturated rings. The van der Waals surface area contributed by atoms with Gasteiger partial charge in [0.15, 0.2) is 0 Å². The molecule has 0 saturated heterocycles. The van der Waals surface area contributed by atoms with Crippen LogP contribution in [0.2, 0.25) is 0 Å². The van der Waals surface area contributed by atoms with E-state index in [0.717, 1.165) is 36.8 Å². The van der Waals surface area contributed by atoms with Crippen molar-refractivity contribution in [3.8, 4) is 11.5 Å². The van der Waals surface area contributed by atoms with Crippen LogP contribution in [0, 0.1) is 0 Å². The summed E-state index contributed by atoms with van der Waals surface area (Å²) in [6.45, 7) is 1.10. The first-order valence-corrected chi connectivity index (χ1v) is 15.6. The highest BCUT2D eigenvalue weighted by Crippen LogP contribution is 2.15. The van der Waals surface area contributed by atoms with E-state index in [2.05, 4.69) is 21.1 Å². The number of carbonyl (C=O) groups is 4. The van der Waals surface area contributed by atoms with E-state index in [9.17, 15) is 19.2 Å². The van der Waals surface area contributed by atoms with E-state index in [-0.39, 0.29) is 11.1 Å². The lowest BCUT2D eigenvalue weighted by Gasteiger charge is -2.08. The summed E-state index contributed by atoms with van der Waals surface area (Å²) in [7, 11) is 0. The topological polar surface area (TPSA) is 200 Å². The largest absolute Gasteiger partial charge is 0.494 e. The van der Waals surface area contributed by atoms with E-state index in [1.165, 1.54) is 71.9 Å². The molecule has 0 aliphatic rings. The van der Waals surface area contributed by atoms with Crippen LogP contribution in [-0.4, -0.2) is 59.7 Å². The van der Waals surface area contributed by atoms with Crippen molar-refractivity contribution in [3.63, 3.8) is 0 Å². The molecule has 258 valence electrons. The zero-order valence-corrected chi connectivity index (χ0v) is 26.9. The van der Waals surface area contributed by atoms with Crippen LogP contribution in [-0.2, 0) is 0 Å². The fourth-order valence-corrected chi connectivity index (χ4v) is 4.44. The van der Waals surface area contributed by atoms with Gasteiger partial charge >= 0.3 is 0 Å². The van der Waals surface area contributed by atoms with Gasteiger partial charge in [-0.3, -0.25) is 29.6 Å². The summed E-state index contributed by atoms with van der Waals surface area (Å²) in [6, 6.07) is 26.2. The Morgan fingerprint density at radius 3 is 1.24 bits per heavy atom. The Morgan fingerprint density at radius 2 is 0.880 bits per heavy atom. The second-order valence-corrected chi connectivity index (χ2v) is 10.7. The Bertz CT molecular complexity index is 1680. The minimum absolute atomic E-state index is 0.215. The van der Waals surface area contributed by atoms with E-state index in [0.29, 0.717) is 35.8 Å². The van der Waals surface area contributed by atoms with E-state index < -0.39 is 23.6 Å². The SMILES string of the molecule is O=C(NO)c1ccc(C(=O)N/N=C/c2cccc(OCCCCCCOc3cccc(/C=N/NC(=O)c4ccc(C(=O)NO)cc4)c3)c2)cc1. The lowest BCUT2D eigenvalue weighted by molar-refractivity contribution is 0.0702. The average molecular weight is 681 g/mol. The molecule has 4 aromatic carbocycles. The van der Waals surface area contributed by atoms with Gasteiger partial charge in [-0.2, -0.15) is 10.2 Å². The Labute approximate surface area is 287 Å². The highest BCUT2D eigenvalue weighted by atomic mass is 16.5. The molecule has 0 heterocycles. The number of hydrogen-bond donors (Lipinski definition) is 6. The molecule has 4 amide bonds. The van der Waals surface area contributed by atoms with E-state index in [1.54, 1.807) is 0 Å². The number of unbranched alkanes of at least 4 members (excludes halogenated alkanes) is 3. The molecule has 4 aromatic rings. The third kappa shape index (κ3) is 11.7. The van der Waals surface area contributed by atoms with Gasteiger partial charge in [0.1, 0.15) is 11.5 Å². The molecule has 6 N–H and O–H groups in total. The summed E-state index contributed by atoms with van der Waals surface area (Å²) in [5.74, 6) is -0.859. The Balaban J connectivity index is 1.09. The molecule has 14 heteroatoms. The molecule has 0 aliphatic carbocycles. The van der Waals surface area contributed by atoms with Crippen molar-refractivity contribution in [2.45, 2.75) is 25.7 Å². The Hall–Kier alpha value is -6.38. The van der Waals surface area contributed by atoms with Gasteiger partial charge in [0.05, 0.1) is 25.6 Å². The summed E-state index contributed by atoms with van der Waals surface area (Å²) < 4.78 is 11.7. The first-order valence-electron chi connectivity index (χ1n) is 15.6. The van der Waals surface area contributed by atoms with Crippen molar-refractivity contribution in [2.24, 2.45) is 10.2 Å². The number of nitrogens with one attached hydrogen (secondary N) is 4. The van der Waals surface area contributed by atoms with Crippen molar-refractivity contribution < 1.29 is 39.1 Å². The van der Waals surface area contributed by atoms with E-state index in [4.69, 9.17) is 19.9 Å².